The Morgan fingerprint density at radius 3 is 2.85 bits per heavy atom. The molecule has 0 unspecified atom stereocenters. The molecule has 6 nitrogen and oxygen atoms in total. The van der Waals surface area contributed by atoms with Crippen LogP contribution in [0.15, 0.2) is 0 Å². The van der Waals surface area contributed by atoms with Gasteiger partial charge in [-0.15, -0.1) is 5.10 Å². The second-order valence-electron chi connectivity index (χ2n) is 2.72. The molecular formula is C6H11N5OS. The molecule has 13 heavy (non-hydrogen) atoms. The van der Waals surface area contributed by atoms with Gasteiger partial charge in [-0.3, -0.25) is 9.69 Å². The second kappa shape index (κ2) is 4.15. The first kappa shape index (κ1) is 9.87. The van der Waals surface area contributed by atoms with Crippen LogP contribution in [-0.4, -0.2) is 34.0 Å². The van der Waals surface area contributed by atoms with Crippen LogP contribution in [-0.2, 0) is 11.3 Å². The molecule has 0 atom stereocenters. The fourth-order valence-electron chi connectivity index (χ4n) is 0.903. The van der Waals surface area contributed by atoms with Gasteiger partial charge in [0.1, 0.15) is 10.7 Å². The Labute approximate surface area is 79.7 Å². The molecule has 0 bridgehead atoms. The quantitative estimate of drug-likeness (QED) is 0.653. The summed E-state index contributed by atoms with van der Waals surface area (Å²) in [7, 11) is 1.77. The van der Waals surface area contributed by atoms with Crippen LogP contribution < -0.4 is 11.5 Å². The number of nitrogens with zero attached hydrogens (tertiary/aromatic N) is 3. The van der Waals surface area contributed by atoms with Crippen LogP contribution in [0.25, 0.3) is 0 Å². The Kier molecular flexibility index (Phi) is 3.15. The SMILES string of the molecule is CN(CC(N)=O)Cc1nnsc1N. The molecule has 72 valence electrons. The van der Waals surface area contributed by atoms with Crippen molar-refractivity contribution >= 4 is 22.4 Å². The van der Waals surface area contributed by atoms with Gasteiger partial charge in [-0.05, 0) is 7.05 Å². The van der Waals surface area contributed by atoms with Crippen LogP contribution in [0.1, 0.15) is 5.69 Å². The monoisotopic (exact) mass is 201 g/mol. The van der Waals surface area contributed by atoms with Gasteiger partial charge in [0.05, 0.1) is 6.54 Å². The third kappa shape index (κ3) is 2.96. The van der Waals surface area contributed by atoms with Crippen molar-refractivity contribution in [2.75, 3.05) is 19.3 Å². The van der Waals surface area contributed by atoms with E-state index in [1.54, 1.807) is 11.9 Å². The molecule has 7 heteroatoms. The number of likely N-dealkylation sites (N-methyl/N-ethyl adjacent to an activating group) is 1. The number of primary amides is 1. The summed E-state index contributed by atoms with van der Waals surface area (Å²) in [6.07, 6.45) is 0. The summed E-state index contributed by atoms with van der Waals surface area (Å²) in [6.45, 7) is 0.683. The van der Waals surface area contributed by atoms with Gasteiger partial charge in [0.2, 0.25) is 5.91 Å². The summed E-state index contributed by atoms with van der Waals surface area (Å²) in [5.41, 5.74) is 11.3. The molecule has 0 spiro atoms. The molecule has 4 N–H and O–H groups in total. The summed E-state index contributed by atoms with van der Waals surface area (Å²) in [4.78, 5) is 12.3. The van der Waals surface area contributed by atoms with E-state index in [4.69, 9.17) is 11.5 Å². The van der Waals surface area contributed by atoms with Crippen LogP contribution in [0, 0.1) is 0 Å². The third-order valence-corrected chi connectivity index (χ3v) is 2.03. The molecule has 1 amide bonds. The van der Waals surface area contributed by atoms with E-state index in [0.29, 0.717) is 17.2 Å². The number of rotatable bonds is 4. The molecule has 1 aromatic rings. The molecular weight excluding hydrogens is 190 g/mol. The van der Waals surface area contributed by atoms with Crippen molar-refractivity contribution in [1.82, 2.24) is 14.5 Å². The average Bonchev–Trinajstić information content (AvgIpc) is 2.34. The van der Waals surface area contributed by atoms with E-state index in [0.717, 1.165) is 11.5 Å². The first-order valence-electron chi connectivity index (χ1n) is 3.63. The zero-order valence-corrected chi connectivity index (χ0v) is 8.04. The van der Waals surface area contributed by atoms with Crippen LogP contribution in [0.3, 0.4) is 0 Å². The lowest BCUT2D eigenvalue weighted by atomic mass is 10.4. The molecule has 0 radical (unpaired) electrons. The molecule has 1 rings (SSSR count). The molecule has 0 fully saturated rings. The van der Waals surface area contributed by atoms with E-state index >= 15 is 0 Å². The molecule has 0 aliphatic heterocycles. The van der Waals surface area contributed by atoms with Gasteiger partial charge in [-0.1, -0.05) is 4.49 Å². The number of hydrogen-bond acceptors (Lipinski definition) is 6. The number of hydrogen-bond donors (Lipinski definition) is 2. The van der Waals surface area contributed by atoms with Crippen LogP contribution in [0.4, 0.5) is 5.00 Å². The van der Waals surface area contributed by atoms with Gasteiger partial charge >= 0.3 is 0 Å². The molecule has 0 aliphatic rings. The maximum Gasteiger partial charge on any atom is 0.231 e. The van der Waals surface area contributed by atoms with Crippen molar-refractivity contribution in [2.45, 2.75) is 6.54 Å². The Balaban J connectivity index is 2.49. The van der Waals surface area contributed by atoms with Gasteiger partial charge in [-0.25, -0.2) is 0 Å². The maximum absolute atomic E-state index is 10.5. The molecule has 0 aromatic carbocycles. The van der Waals surface area contributed by atoms with Gasteiger partial charge in [0.15, 0.2) is 0 Å². The van der Waals surface area contributed by atoms with Gasteiger partial charge < -0.3 is 11.5 Å². The molecule has 1 aromatic heterocycles. The van der Waals surface area contributed by atoms with Crippen molar-refractivity contribution < 1.29 is 4.79 Å². The molecule has 0 saturated heterocycles. The van der Waals surface area contributed by atoms with Gasteiger partial charge in [-0.2, -0.15) is 0 Å². The largest absolute Gasteiger partial charge is 0.388 e. The van der Waals surface area contributed by atoms with E-state index in [1.807, 2.05) is 0 Å². The number of nitrogen functional groups attached to an aromatic ring is 1. The highest BCUT2D eigenvalue weighted by Gasteiger charge is 2.08. The van der Waals surface area contributed by atoms with Crippen molar-refractivity contribution in [3.63, 3.8) is 0 Å². The zero-order chi connectivity index (χ0) is 9.84. The topological polar surface area (TPSA) is 98.1 Å². The summed E-state index contributed by atoms with van der Waals surface area (Å²) < 4.78 is 3.68. The highest BCUT2D eigenvalue weighted by Crippen LogP contribution is 2.13. The predicted octanol–water partition coefficient (Wildman–Crippen LogP) is -0.963. The van der Waals surface area contributed by atoms with Crippen molar-refractivity contribution in [3.05, 3.63) is 5.69 Å². The summed E-state index contributed by atoms with van der Waals surface area (Å²) in [6, 6.07) is 0. The molecule has 0 saturated carbocycles. The fourth-order valence-corrected chi connectivity index (χ4v) is 1.34. The minimum atomic E-state index is -0.371. The minimum absolute atomic E-state index is 0.191. The summed E-state index contributed by atoms with van der Waals surface area (Å²) >= 11 is 1.14. The van der Waals surface area contributed by atoms with Crippen molar-refractivity contribution in [2.24, 2.45) is 5.73 Å². The lowest BCUT2D eigenvalue weighted by Crippen LogP contribution is -2.30. The predicted molar refractivity (Wildman–Crippen MR) is 49.8 cm³/mol. The van der Waals surface area contributed by atoms with Crippen LogP contribution >= 0.6 is 11.5 Å². The zero-order valence-electron chi connectivity index (χ0n) is 7.23. The maximum atomic E-state index is 10.5. The highest BCUT2D eigenvalue weighted by molar-refractivity contribution is 7.09. The lowest BCUT2D eigenvalue weighted by molar-refractivity contribution is -0.118. The second-order valence-corrected chi connectivity index (χ2v) is 3.51. The number of carbonyl (C=O) groups excluding carboxylic acids is 1. The number of carbonyl (C=O) groups is 1. The summed E-state index contributed by atoms with van der Waals surface area (Å²) in [5, 5.41) is 4.39. The standard InChI is InChI=1S/C6H11N5OS/c1-11(3-5(7)12)2-4-6(8)13-10-9-4/h2-3,8H2,1H3,(H2,7,12). The van der Waals surface area contributed by atoms with Crippen molar-refractivity contribution in [1.29, 1.82) is 0 Å². The van der Waals surface area contributed by atoms with Gasteiger partial charge in [0.25, 0.3) is 0 Å². The Bertz CT molecular complexity index is 299. The van der Waals surface area contributed by atoms with E-state index < -0.39 is 0 Å². The normalized spacial score (nSPS) is 10.6. The summed E-state index contributed by atoms with van der Waals surface area (Å²) in [5.74, 6) is -0.371. The number of nitrogens with two attached hydrogens (primary N) is 2. The van der Waals surface area contributed by atoms with E-state index in [1.165, 1.54) is 0 Å². The highest BCUT2D eigenvalue weighted by atomic mass is 32.1. The lowest BCUT2D eigenvalue weighted by Gasteiger charge is -2.11. The van der Waals surface area contributed by atoms with Crippen LogP contribution in [0.5, 0.6) is 0 Å². The molecule has 1 heterocycles. The average molecular weight is 201 g/mol. The van der Waals surface area contributed by atoms with Crippen molar-refractivity contribution in [3.8, 4) is 0 Å². The molecule has 0 aliphatic carbocycles. The van der Waals surface area contributed by atoms with Crippen LogP contribution in [0.2, 0.25) is 0 Å². The Hall–Kier alpha value is -1.21. The Morgan fingerprint density at radius 2 is 2.38 bits per heavy atom. The number of amides is 1. The first-order chi connectivity index (χ1) is 6.09. The number of aromatic nitrogens is 2. The van der Waals surface area contributed by atoms with Gasteiger partial charge in [0, 0.05) is 18.1 Å². The third-order valence-electron chi connectivity index (χ3n) is 1.43. The van der Waals surface area contributed by atoms with E-state index in [-0.39, 0.29) is 12.5 Å². The van der Waals surface area contributed by atoms with E-state index in [9.17, 15) is 4.79 Å². The first-order valence-corrected chi connectivity index (χ1v) is 4.40. The number of anilines is 1. The smallest absolute Gasteiger partial charge is 0.231 e. The fraction of sp³-hybridized carbons (Fsp3) is 0.500. The van der Waals surface area contributed by atoms with E-state index in [2.05, 4.69) is 9.59 Å². The Morgan fingerprint density at radius 1 is 1.69 bits per heavy atom. The minimum Gasteiger partial charge on any atom is -0.388 e.